The minimum atomic E-state index is -0.525. The van der Waals surface area contributed by atoms with E-state index in [9.17, 15) is 4.79 Å². The van der Waals surface area contributed by atoms with E-state index < -0.39 is 5.97 Å². The van der Waals surface area contributed by atoms with E-state index in [1.54, 1.807) is 30.5 Å². The van der Waals surface area contributed by atoms with Crippen molar-refractivity contribution in [1.82, 2.24) is 4.98 Å². The van der Waals surface area contributed by atoms with Crippen molar-refractivity contribution in [3.05, 3.63) is 48.7 Å². The van der Waals surface area contributed by atoms with Gasteiger partial charge in [0, 0.05) is 6.20 Å². The molecule has 0 saturated carbocycles. The summed E-state index contributed by atoms with van der Waals surface area (Å²) in [6.07, 6.45) is 4.48. The van der Waals surface area contributed by atoms with E-state index in [-0.39, 0.29) is 18.2 Å². The minimum Gasteiger partial charge on any atom is -1.00 e. The van der Waals surface area contributed by atoms with Gasteiger partial charge in [0.05, 0.1) is 12.5 Å². The molecular formula is C10H7ClNO3-. The van der Waals surface area contributed by atoms with Gasteiger partial charge in [0.25, 0.3) is 0 Å². The number of hydrogen-bond donors (Lipinski definition) is 0. The third-order valence-electron chi connectivity index (χ3n) is 1.57. The fourth-order valence-electron chi connectivity index (χ4n) is 0.960. The number of rotatable bonds is 2. The lowest BCUT2D eigenvalue weighted by Crippen LogP contribution is -3.00. The summed E-state index contributed by atoms with van der Waals surface area (Å²) in [4.78, 5) is 15.1. The molecule has 0 N–H and O–H groups in total. The van der Waals surface area contributed by atoms with Crippen molar-refractivity contribution < 1.29 is 26.4 Å². The predicted octanol–water partition coefficient (Wildman–Crippen LogP) is -1.10. The van der Waals surface area contributed by atoms with Gasteiger partial charge < -0.3 is 21.6 Å². The largest absolute Gasteiger partial charge is 1.00 e. The molecular weight excluding hydrogens is 218 g/mol. The van der Waals surface area contributed by atoms with E-state index in [1.807, 2.05) is 0 Å². The number of pyridine rings is 1. The molecule has 2 aromatic rings. The number of nitrogens with zero attached hydrogens (tertiary/aromatic N) is 1. The van der Waals surface area contributed by atoms with Crippen LogP contribution in [0.15, 0.2) is 47.3 Å². The predicted molar refractivity (Wildman–Crippen MR) is 47.9 cm³/mol. The maximum atomic E-state index is 11.3. The molecule has 15 heavy (non-hydrogen) atoms. The number of carbonyl (C=O) groups excluding carboxylic acids is 1. The fraction of sp³-hybridized carbons (Fsp3) is 0. The van der Waals surface area contributed by atoms with Gasteiger partial charge in [0.1, 0.15) is 5.75 Å². The molecule has 2 rings (SSSR count). The van der Waals surface area contributed by atoms with E-state index in [2.05, 4.69) is 4.98 Å². The smallest absolute Gasteiger partial charge is 0.379 e. The Kier molecular flexibility index (Phi) is 3.88. The molecule has 0 bridgehead atoms. The second-order valence-corrected chi connectivity index (χ2v) is 2.56. The van der Waals surface area contributed by atoms with E-state index in [1.165, 1.54) is 12.5 Å². The van der Waals surface area contributed by atoms with Gasteiger partial charge in [0.2, 0.25) is 5.76 Å². The Morgan fingerprint density at radius 3 is 2.80 bits per heavy atom. The van der Waals surface area contributed by atoms with Crippen molar-refractivity contribution in [2.45, 2.75) is 0 Å². The first kappa shape index (κ1) is 11.3. The molecule has 5 heteroatoms. The van der Waals surface area contributed by atoms with Crippen LogP contribution in [0.25, 0.3) is 0 Å². The molecule has 0 aliphatic carbocycles. The van der Waals surface area contributed by atoms with E-state index >= 15 is 0 Å². The summed E-state index contributed by atoms with van der Waals surface area (Å²) in [6.45, 7) is 0. The van der Waals surface area contributed by atoms with Gasteiger partial charge >= 0.3 is 5.97 Å². The molecule has 0 radical (unpaired) electrons. The summed E-state index contributed by atoms with van der Waals surface area (Å²) < 4.78 is 9.84. The highest BCUT2D eigenvalue weighted by Crippen LogP contribution is 2.10. The molecule has 0 unspecified atom stereocenters. The summed E-state index contributed by atoms with van der Waals surface area (Å²) in [6, 6.07) is 6.50. The summed E-state index contributed by atoms with van der Waals surface area (Å²) in [5.74, 6) is 0.0470. The van der Waals surface area contributed by atoms with Crippen molar-refractivity contribution in [1.29, 1.82) is 0 Å². The molecule has 0 aromatic carbocycles. The Balaban J connectivity index is 0.00000112. The van der Waals surface area contributed by atoms with Crippen molar-refractivity contribution in [2.24, 2.45) is 0 Å². The average molecular weight is 225 g/mol. The first-order chi connectivity index (χ1) is 6.86. The zero-order chi connectivity index (χ0) is 9.80. The number of aromatic nitrogens is 1. The number of ether oxygens (including phenoxy) is 1. The minimum absolute atomic E-state index is 0. The van der Waals surface area contributed by atoms with Crippen LogP contribution < -0.4 is 17.1 Å². The van der Waals surface area contributed by atoms with Crippen LogP contribution in [0.5, 0.6) is 5.75 Å². The maximum Gasteiger partial charge on any atom is 0.379 e. The quantitative estimate of drug-likeness (QED) is 0.608. The summed E-state index contributed by atoms with van der Waals surface area (Å²) in [5.41, 5.74) is 0. The topological polar surface area (TPSA) is 52.3 Å². The first-order valence-corrected chi connectivity index (χ1v) is 4.02. The molecule has 0 amide bonds. The Morgan fingerprint density at radius 1 is 1.33 bits per heavy atom. The molecule has 0 aliphatic heterocycles. The molecule has 78 valence electrons. The standard InChI is InChI=1S/C10H7NO3.ClH/c12-10(9-4-2-6-13-9)14-8-3-1-5-11-7-8;/h1-7H;1H/p-1. The van der Waals surface area contributed by atoms with Crippen LogP contribution in [0.1, 0.15) is 10.6 Å². The Labute approximate surface area is 92.3 Å². The Hall–Kier alpha value is -1.81. The van der Waals surface area contributed by atoms with Crippen LogP contribution in [-0.2, 0) is 0 Å². The van der Waals surface area contributed by atoms with Gasteiger partial charge in [-0.2, -0.15) is 0 Å². The summed E-state index contributed by atoms with van der Waals surface area (Å²) >= 11 is 0. The number of carbonyl (C=O) groups is 1. The molecule has 0 saturated heterocycles. The van der Waals surface area contributed by atoms with Crippen molar-refractivity contribution in [3.8, 4) is 5.75 Å². The zero-order valence-electron chi connectivity index (χ0n) is 7.59. The van der Waals surface area contributed by atoms with Crippen LogP contribution in [0, 0.1) is 0 Å². The highest BCUT2D eigenvalue weighted by molar-refractivity contribution is 5.87. The van der Waals surface area contributed by atoms with Crippen LogP contribution in [-0.4, -0.2) is 11.0 Å². The fourth-order valence-corrected chi connectivity index (χ4v) is 0.960. The van der Waals surface area contributed by atoms with Gasteiger partial charge in [-0.3, -0.25) is 4.98 Å². The van der Waals surface area contributed by atoms with E-state index in [0.717, 1.165) is 0 Å². The number of hydrogen-bond acceptors (Lipinski definition) is 4. The third kappa shape index (κ3) is 2.82. The second-order valence-electron chi connectivity index (χ2n) is 2.56. The maximum absolute atomic E-state index is 11.3. The molecule has 4 nitrogen and oxygen atoms in total. The van der Waals surface area contributed by atoms with Crippen LogP contribution >= 0.6 is 0 Å². The van der Waals surface area contributed by atoms with E-state index in [4.69, 9.17) is 9.15 Å². The van der Waals surface area contributed by atoms with Crippen LogP contribution in [0.2, 0.25) is 0 Å². The average Bonchev–Trinajstić information content (AvgIpc) is 2.72. The van der Waals surface area contributed by atoms with Crippen molar-refractivity contribution in [3.63, 3.8) is 0 Å². The first-order valence-electron chi connectivity index (χ1n) is 4.02. The van der Waals surface area contributed by atoms with Gasteiger partial charge in [-0.15, -0.1) is 0 Å². The van der Waals surface area contributed by atoms with Crippen LogP contribution in [0.4, 0.5) is 0 Å². The lowest BCUT2D eigenvalue weighted by Gasteiger charge is -1.99. The van der Waals surface area contributed by atoms with Crippen molar-refractivity contribution in [2.75, 3.05) is 0 Å². The second kappa shape index (κ2) is 5.17. The number of esters is 1. The lowest BCUT2D eigenvalue weighted by atomic mass is 10.4. The third-order valence-corrected chi connectivity index (χ3v) is 1.57. The van der Waals surface area contributed by atoms with Gasteiger partial charge in [-0.05, 0) is 24.3 Å². The van der Waals surface area contributed by atoms with Crippen LogP contribution in [0.3, 0.4) is 0 Å². The van der Waals surface area contributed by atoms with Gasteiger partial charge in [-0.25, -0.2) is 4.79 Å². The molecule has 0 aliphatic rings. The molecule has 0 fully saturated rings. The van der Waals surface area contributed by atoms with Gasteiger partial charge in [0.15, 0.2) is 0 Å². The van der Waals surface area contributed by atoms with Gasteiger partial charge in [-0.1, -0.05) is 0 Å². The molecule has 0 atom stereocenters. The highest BCUT2D eigenvalue weighted by Gasteiger charge is 2.10. The SMILES string of the molecule is O=C(Oc1cccnc1)c1ccco1.[Cl-]. The lowest BCUT2D eigenvalue weighted by molar-refractivity contribution is -0.0000158. The molecule has 0 spiro atoms. The number of halogens is 1. The normalized spacial score (nSPS) is 9.07. The molecule has 2 aromatic heterocycles. The van der Waals surface area contributed by atoms with E-state index in [0.29, 0.717) is 5.75 Å². The molecule has 2 heterocycles. The Morgan fingerprint density at radius 2 is 2.20 bits per heavy atom. The summed E-state index contributed by atoms with van der Waals surface area (Å²) in [7, 11) is 0. The number of furan rings is 1. The monoisotopic (exact) mass is 224 g/mol. The summed E-state index contributed by atoms with van der Waals surface area (Å²) in [5, 5.41) is 0. The Bertz CT molecular complexity index is 413. The highest BCUT2D eigenvalue weighted by atomic mass is 35.5. The zero-order valence-corrected chi connectivity index (χ0v) is 8.35. The van der Waals surface area contributed by atoms with Crippen molar-refractivity contribution >= 4 is 5.97 Å².